The van der Waals surface area contributed by atoms with Crippen LogP contribution < -0.4 is 5.32 Å². The predicted octanol–water partition coefficient (Wildman–Crippen LogP) is -0.306. The number of hydrogen-bond acceptors (Lipinski definition) is 4. The van der Waals surface area contributed by atoms with Crippen LogP contribution in [0.3, 0.4) is 0 Å². The third-order valence-corrected chi connectivity index (χ3v) is 2.01. The molecule has 0 aromatic rings. The minimum absolute atomic E-state index is 0. The number of carbonyl (C=O) groups is 1. The Morgan fingerprint density at radius 3 is 2.67 bits per heavy atom. The van der Waals surface area contributed by atoms with E-state index in [1.165, 1.54) is 7.11 Å². The number of aliphatic hydroxyl groups excluding tert-OH is 1. The van der Waals surface area contributed by atoms with Gasteiger partial charge in [-0.15, -0.1) is 12.4 Å². The molecule has 72 valence electrons. The van der Waals surface area contributed by atoms with E-state index in [9.17, 15) is 4.79 Å². The Kier molecular flexibility index (Phi) is 3.96. The quantitative estimate of drug-likeness (QED) is 0.564. The van der Waals surface area contributed by atoms with Crippen LogP contribution in [-0.4, -0.2) is 36.4 Å². The van der Waals surface area contributed by atoms with Crippen molar-refractivity contribution in [1.82, 2.24) is 5.32 Å². The Labute approximate surface area is 77.7 Å². The van der Waals surface area contributed by atoms with Crippen molar-refractivity contribution in [3.05, 3.63) is 0 Å². The van der Waals surface area contributed by atoms with Crippen LogP contribution in [0.15, 0.2) is 0 Å². The van der Waals surface area contributed by atoms with Crippen LogP contribution >= 0.6 is 12.4 Å². The second kappa shape index (κ2) is 4.07. The van der Waals surface area contributed by atoms with E-state index < -0.39 is 11.6 Å². The molecule has 0 amide bonds. The van der Waals surface area contributed by atoms with Crippen molar-refractivity contribution in [2.75, 3.05) is 13.7 Å². The Morgan fingerprint density at radius 1 is 1.75 bits per heavy atom. The molecule has 0 spiro atoms. The normalized spacial score (nSPS) is 34.1. The minimum Gasteiger partial charge on any atom is -0.468 e. The second-order valence-corrected chi connectivity index (χ2v) is 3.06. The molecule has 0 aromatic heterocycles. The Hall–Kier alpha value is -0.320. The first kappa shape index (κ1) is 11.7. The highest BCUT2D eigenvalue weighted by atomic mass is 35.5. The van der Waals surface area contributed by atoms with Gasteiger partial charge in [-0.3, -0.25) is 10.1 Å². The Balaban J connectivity index is 0.00000121. The van der Waals surface area contributed by atoms with Crippen molar-refractivity contribution in [2.24, 2.45) is 0 Å². The van der Waals surface area contributed by atoms with E-state index in [0.29, 0.717) is 13.0 Å². The number of nitrogens with one attached hydrogen (secondary N) is 1. The van der Waals surface area contributed by atoms with Crippen LogP contribution in [-0.2, 0) is 9.53 Å². The lowest BCUT2D eigenvalue weighted by Crippen LogP contribution is -2.45. The fraction of sp³-hybridized carbons (Fsp3) is 0.857. The molecule has 5 heteroatoms. The molecule has 1 fully saturated rings. The first-order valence-electron chi connectivity index (χ1n) is 3.60. The zero-order valence-corrected chi connectivity index (χ0v) is 7.98. The van der Waals surface area contributed by atoms with Crippen LogP contribution in [0.1, 0.15) is 13.3 Å². The highest BCUT2D eigenvalue weighted by Crippen LogP contribution is 2.19. The Morgan fingerprint density at radius 2 is 2.33 bits per heavy atom. The average molecular weight is 196 g/mol. The van der Waals surface area contributed by atoms with Crippen molar-refractivity contribution in [3.8, 4) is 0 Å². The van der Waals surface area contributed by atoms with Crippen molar-refractivity contribution in [2.45, 2.75) is 25.0 Å². The molecule has 1 rings (SSSR count). The highest BCUT2D eigenvalue weighted by Gasteiger charge is 2.41. The minimum atomic E-state index is -0.686. The van der Waals surface area contributed by atoms with E-state index in [-0.39, 0.29) is 18.4 Å². The number of methoxy groups -OCH3 is 1. The molecule has 0 bridgehead atoms. The fourth-order valence-electron chi connectivity index (χ4n) is 1.34. The van der Waals surface area contributed by atoms with Gasteiger partial charge >= 0.3 is 5.97 Å². The topological polar surface area (TPSA) is 58.6 Å². The van der Waals surface area contributed by atoms with Crippen molar-refractivity contribution < 1.29 is 14.6 Å². The summed E-state index contributed by atoms with van der Waals surface area (Å²) in [6, 6.07) is 0. The third-order valence-electron chi connectivity index (χ3n) is 2.01. The molecule has 12 heavy (non-hydrogen) atoms. The summed E-state index contributed by atoms with van der Waals surface area (Å²) in [5.41, 5.74) is -0.686. The smallest absolute Gasteiger partial charge is 0.325 e. The van der Waals surface area contributed by atoms with Gasteiger partial charge in [-0.25, -0.2) is 0 Å². The van der Waals surface area contributed by atoms with E-state index in [1.54, 1.807) is 6.92 Å². The summed E-state index contributed by atoms with van der Waals surface area (Å²) in [5.74, 6) is -0.311. The number of aliphatic hydroxyl groups is 1. The average Bonchev–Trinajstić information content (AvgIpc) is 2.31. The molecule has 0 aliphatic carbocycles. The maximum atomic E-state index is 11.1. The molecule has 0 unspecified atom stereocenters. The molecule has 0 aromatic carbocycles. The summed E-state index contributed by atoms with van der Waals surface area (Å²) >= 11 is 0. The van der Waals surface area contributed by atoms with Gasteiger partial charge in [0.1, 0.15) is 5.54 Å². The zero-order chi connectivity index (χ0) is 8.48. The zero-order valence-electron chi connectivity index (χ0n) is 7.16. The van der Waals surface area contributed by atoms with E-state index >= 15 is 0 Å². The van der Waals surface area contributed by atoms with Crippen LogP contribution in [0.2, 0.25) is 0 Å². The summed E-state index contributed by atoms with van der Waals surface area (Å²) in [4.78, 5) is 11.1. The number of ether oxygens (including phenoxy) is 1. The number of esters is 1. The number of β-amino-alcohol motifs (C(OH)–C–C–N with tert-alkyl or cyclic N) is 1. The number of carbonyl (C=O) groups excluding carboxylic acids is 1. The molecule has 2 N–H and O–H groups in total. The molecular weight excluding hydrogens is 182 g/mol. The van der Waals surface area contributed by atoms with Crippen molar-refractivity contribution in [3.63, 3.8) is 0 Å². The van der Waals surface area contributed by atoms with E-state index in [0.717, 1.165) is 0 Å². The molecule has 1 saturated heterocycles. The predicted molar refractivity (Wildman–Crippen MR) is 46.3 cm³/mol. The second-order valence-electron chi connectivity index (χ2n) is 3.06. The first-order chi connectivity index (χ1) is 5.08. The first-order valence-corrected chi connectivity index (χ1v) is 3.60. The van der Waals surface area contributed by atoms with Gasteiger partial charge in [0.15, 0.2) is 0 Å². The summed E-state index contributed by atoms with van der Waals surface area (Å²) in [6.45, 7) is 2.20. The highest BCUT2D eigenvalue weighted by molar-refractivity contribution is 5.85. The van der Waals surface area contributed by atoms with E-state index in [4.69, 9.17) is 5.11 Å². The lowest BCUT2D eigenvalue weighted by atomic mass is 10.00. The molecule has 0 saturated carbocycles. The van der Waals surface area contributed by atoms with Crippen LogP contribution in [0.5, 0.6) is 0 Å². The molecule has 2 atom stereocenters. The standard InChI is InChI=1S/C7H13NO3.ClH/c1-7(6(10)11-2)3-5(9)4-8-7;/h5,8-9H,3-4H2,1-2H3;1H/t5-,7+;/m0./s1. The monoisotopic (exact) mass is 195 g/mol. The largest absolute Gasteiger partial charge is 0.468 e. The van der Waals surface area contributed by atoms with Gasteiger partial charge in [-0.1, -0.05) is 0 Å². The molecular formula is C7H14ClNO3. The Bertz CT molecular complexity index is 176. The molecule has 1 aliphatic heterocycles. The van der Waals surface area contributed by atoms with E-state index in [2.05, 4.69) is 10.1 Å². The van der Waals surface area contributed by atoms with Gasteiger partial charge in [0.25, 0.3) is 0 Å². The summed E-state index contributed by atoms with van der Waals surface area (Å²) in [5, 5.41) is 12.0. The van der Waals surface area contributed by atoms with Gasteiger partial charge < -0.3 is 9.84 Å². The maximum absolute atomic E-state index is 11.1. The van der Waals surface area contributed by atoms with Gasteiger partial charge in [-0.2, -0.15) is 0 Å². The summed E-state index contributed by atoms with van der Waals surface area (Å²) in [6.07, 6.45) is -0.00116. The van der Waals surface area contributed by atoms with Crippen LogP contribution in [0.4, 0.5) is 0 Å². The molecule has 4 nitrogen and oxygen atoms in total. The summed E-state index contributed by atoms with van der Waals surface area (Å²) in [7, 11) is 1.35. The van der Waals surface area contributed by atoms with E-state index in [1.807, 2.05) is 0 Å². The molecule has 1 aliphatic rings. The van der Waals surface area contributed by atoms with Crippen molar-refractivity contribution >= 4 is 18.4 Å². The number of halogens is 1. The maximum Gasteiger partial charge on any atom is 0.325 e. The summed E-state index contributed by atoms with van der Waals surface area (Å²) < 4.78 is 4.57. The van der Waals surface area contributed by atoms with Gasteiger partial charge in [-0.05, 0) is 6.92 Å². The molecule has 0 radical (unpaired) electrons. The fourth-order valence-corrected chi connectivity index (χ4v) is 1.34. The van der Waals surface area contributed by atoms with Gasteiger partial charge in [0.2, 0.25) is 0 Å². The van der Waals surface area contributed by atoms with Crippen LogP contribution in [0.25, 0.3) is 0 Å². The lowest BCUT2D eigenvalue weighted by Gasteiger charge is -2.19. The molecule has 1 heterocycles. The number of hydrogen-bond donors (Lipinski definition) is 2. The lowest BCUT2D eigenvalue weighted by molar-refractivity contribution is -0.147. The SMILES string of the molecule is COC(=O)[C@@]1(C)C[C@H](O)CN1.Cl. The third kappa shape index (κ3) is 2.09. The van der Waals surface area contributed by atoms with Gasteiger partial charge in [0.05, 0.1) is 13.2 Å². The van der Waals surface area contributed by atoms with Gasteiger partial charge in [0, 0.05) is 13.0 Å². The number of rotatable bonds is 1. The van der Waals surface area contributed by atoms with Crippen LogP contribution in [0, 0.1) is 0 Å². The van der Waals surface area contributed by atoms with Crippen molar-refractivity contribution in [1.29, 1.82) is 0 Å².